The molecule has 1 aliphatic rings. The summed E-state index contributed by atoms with van der Waals surface area (Å²) < 4.78 is 13.3. The molecule has 112 valence electrons. The lowest BCUT2D eigenvalue weighted by atomic mass is 9.84. The summed E-state index contributed by atoms with van der Waals surface area (Å²) in [5.74, 6) is -0.164. The minimum Gasteiger partial charge on any atom is -0.374 e. The van der Waals surface area contributed by atoms with Gasteiger partial charge in [0.1, 0.15) is 5.82 Å². The van der Waals surface area contributed by atoms with Crippen molar-refractivity contribution in [3.63, 3.8) is 0 Å². The number of hydrogen-bond donors (Lipinski definition) is 1. The SMILES string of the molecule is CCCC(C)(CNC1CC1)CN(C)c1cccc(F)c1. The Balaban J connectivity index is 1.98. The number of hydrogen-bond acceptors (Lipinski definition) is 2. The van der Waals surface area contributed by atoms with Crippen molar-refractivity contribution in [2.24, 2.45) is 5.41 Å². The molecule has 3 heteroatoms. The molecular weight excluding hydrogens is 251 g/mol. The van der Waals surface area contributed by atoms with Gasteiger partial charge in [-0.2, -0.15) is 0 Å². The number of rotatable bonds is 8. The smallest absolute Gasteiger partial charge is 0.125 e. The number of anilines is 1. The summed E-state index contributed by atoms with van der Waals surface area (Å²) in [7, 11) is 2.06. The number of benzene rings is 1. The molecule has 1 unspecified atom stereocenters. The predicted molar refractivity (Wildman–Crippen MR) is 83.7 cm³/mol. The van der Waals surface area contributed by atoms with Gasteiger partial charge in [-0.15, -0.1) is 0 Å². The second kappa shape index (κ2) is 6.57. The maximum Gasteiger partial charge on any atom is 0.125 e. The lowest BCUT2D eigenvalue weighted by Crippen LogP contribution is -2.41. The van der Waals surface area contributed by atoms with Crippen molar-refractivity contribution in [1.29, 1.82) is 0 Å². The van der Waals surface area contributed by atoms with Crippen LogP contribution in [-0.4, -0.2) is 26.2 Å². The monoisotopic (exact) mass is 278 g/mol. The Bertz CT molecular complexity index is 431. The Labute approximate surface area is 122 Å². The van der Waals surface area contributed by atoms with Crippen molar-refractivity contribution in [2.45, 2.75) is 45.6 Å². The normalized spacial score (nSPS) is 17.8. The molecule has 0 radical (unpaired) electrons. The fourth-order valence-electron chi connectivity index (χ4n) is 2.88. The van der Waals surface area contributed by atoms with Gasteiger partial charge < -0.3 is 10.2 Å². The topological polar surface area (TPSA) is 15.3 Å². The van der Waals surface area contributed by atoms with Crippen LogP contribution >= 0.6 is 0 Å². The highest BCUT2D eigenvalue weighted by atomic mass is 19.1. The quantitative estimate of drug-likeness (QED) is 0.777. The summed E-state index contributed by atoms with van der Waals surface area (Å²) in [6.45, 7) is 6.56. The van der Waals surface area contributed by atoms with Crippen LogP contribution in [0.15, 0.2) is 24.3 Å². The molecule has 1 aromatic carbocycles. The van der Waals surface area contributed by atoms with Crippen molar-refractivity contribution in [2.75, 3.05) is 25.0 Å². The Kier molecular flexibility index (Phi) is 5.03. The van der Waals surface area contributed by atoms with Gasteiger partial charge >= 0.3 is 0 Å². The van der Waals surface area contributed by atoms with Crippen LogP contribution in [0.5, 0.6) is 0 Å². The largest absolute Gasteiger partial charge is 0.374 e. The lowest BCUT2D eigenvalue weighted by molar-refractivity contribution is 0.283. The molecule has 0 amide bonds. The van der Waals surface area contributed by atoms with E-state index in [1.54, 1.807) is 12.1 Å². The van der Waals surface area contributed by atoms with E-state index in [1.165, 1.54) is 31.7 Å². The lowest BCUT2D eigenvalue weighted by Gasteiger charge is -2.35. The first-order chi connectivity index (χ1) is 9.52. The molecule has 1 aromatic rings. The molecule has 1 fully saturated rings. The molecule has 2 rings (SSSR count). The van der Waals surface area contributed by atoms with Crippen molar-refractivity contribution in [1.82, 2.24) is 5.32 Å². The van der Waals surface area contributed by atoms with Gasteiger partial charge in [0, 0.05) is 31.9 Å². The molecule has 1 saturated carbocycles. The van der Waals surface area contributed by atoms with Gasteiger partial charge in [0.15, 0.2) is 0 Å². The highest BCUT2D eigenvalue weighted by molar-refractivity contribution is 5.45. The van der Waals surface area contributed by atoms with Crippen LogP contribution in [0.3, 0.4) is 0 Å². The average molecular weight is 278 g/mol. The van der Waals surface area contributed by atoms with E-state index < -0.39 is 0 Å². The molecule has 20 heavy (non-hydrogen) atoms. The van der Waals surface area contributed by atoms with Crippen molar-refractivity contribution in [3.8, 4) is 0 Å². The van der Waals surface area contributed by atoms with Crippen LogP contribution in [0.25, 0.3) is 0 Å². The summed E-state index contributed by atoms with van der Waals surface area (Å²) in [6, 6.07) is 7.60. The third kappa shape index (κ3) is 4.48. The second-order valence-electron chi connectivity index (χ2n) is 6.55. The summed E-state index contributed by atoms with van der Waals surface area (Å²) in [6.07, 6.45) is 5.01. The molecule has 0 saturated heterocycles. The van der Waals surface area contributed by atoms with E-state index in [1.807, 2.05) is 6.07 Å². The van der Waals surface area contributed by atoms with Gasteiger partial charge in [-0.3, -0.25) is 0 Å². The standard InChI is InChI=1S/C17H27FN2/c1-4-10-17(2,12-19-15-8-9-15)13-20(3)16-7-5-6-14(18)11-16/h5-7,11,15,19H,4,8-10,12-13H2,1-3H3. The maximum atomic E-state index is 13.3. The van der Waals surface area contributed by atoms with E-state index in [0.29, 0.717) is 0 Å². The van der Waals surface area contributed by atoms with Crippen LogP contribution in [0.1, 0.15) is 39.5 Å². The molecule has 0 bridgehead atoms. The van der Waals surface area contributed by atoms with Gasteiger partial charge in [-0.05, 0) is 42.9 Å². The van der Waals surface area contributed by atoms with E-state index in [9.17, 15) is 4.39 Å². The van der Waals surface area contributed by atoms with Crippen molar-refractivity contribution < 1.29 is 4.39 Å². The zero-order chi connectivity index (χ0) is 14.6. The first-order valence-corrected chi connectivity index (χ1v) is 7.72. The van der Waals surface area contributed by atoms with Crippen LogP contribution in [0.2, 0.25) is 0 Å². The number of nitrogens with one attached hydrogen (secondary N) is 1. The Morgan fingerprint density at radius 3 is 2.75 bits per heavy atom. The van der Waals surface area contributed by atoms with Crippen LogP contribution in [-0.2, 0) is 0 Å². The van der Waals surface area contributed by atoms with Crippen LogP contribution < -0.4 is 10.2 Å². The Hall–Kier alpha value is -1.09. The molecule has 2 nitrogen and oxygen atoms in total. The molecule has 0 heterocycles. The van der Waals surface area contributed by atoms with E-state index >= 15 is 0 Å². The summed E-state index contributed by atoms with van der Waals surface area (Å²) in [5.41, 5.74) is 1.19. The first-order valence-electron chi connectivity index (χ1n) is 7.72. The maximum absolute atomic E-state index is 13.3. The van der Waals surface area contributed by atoms with Gasteiger partial charge in [-0.25, -0.2) is 4.39 Å². The average Bonchev–Trinajstić information content (AvgIpc) is 3.21. The van der Waals surface area contributed by atoms with Gasteiger partial charge in [0.05, 0.1) is 0 Å². The van der Waals surface area contributed by atoms with E-state index in [4.69, 9.17) is 0 Å². The minimum absolute atomic E-state index is 0.164. The summed E-state index contributed by atoms with van der Waals surface area (Å²) >= 11 is 0. The molecule has 0 aliphatic heterocycles. The van der Waals surface area contributed by atoms with E-state index in [0.717, 1.165) is 24.8 Å². The molecular formula is C17H27FN2. The molecule has 1 N–H and O–H groups in total. The minimum atomic E-state index is -0.164. The fourth-order valence-corrected chi connectivity index (χ4v) is 2.88. The second-order valence-corrected chi connectivity index (χ2v) is 6.55. The third-order valence-corrected chi connectivity index (χ3v) is 4.12. The van der Waals surface area contributed by atoms with Gasteiger partial charge in [0.25, 0.3) is 0 Å². The van der Waals surface area contributed by atoms with Crippen molar-refractivity contribution >= 4 is 5.69 Å². The Morgan fingerprint density at radius 1 is 1.40 bits per heavy atom. The van der Waals surface area contributed by atoms with Crippen LogP contribution in [0, 0.1) is 11.2 Å². The Morgan fingerprint density at radius 2 is 2.15 bits per heavy atom. The first kappa shape index (κ1) is 15.3. The number of nitrogens with zero attached hydrogens (tertiary/aromatic N) is 1. The predicted octanol–water partition coefficient (Wildman–Crippen LogP) is 3.82. The fraction of sp³-hybridized carbons (Fsp3) is 0.647. The van der Waals surface area contributed by atoms with E-state index in [2.05, 4.69) is 31.1 Å². The summed E-state index contributed by atoms with van der Waals surface area (Å²) in [5, 5.41) is 3.65. The molecule has 1 aliphatic carbocycles. The number of halogens is 1. The third-order valence-electron chi connectivity index (χ3n) is 4.12. The molecule has 0 spiro atoms. The molecule has 0 aromatic heterocycles. The van der Waals surface area contributed by atoms with Gasteiger partial charge in [-0.1, -0.05) is 26.3 Å². The van der Waals surface area contributed by atoms with Crippen molar-refractivity contribution in [3.05, 3.63) is 30.1 Å². The highest BCUT2D eigenvalue weighted by Gasteiger charge is 2.29. The molecule has 1 atom stereocenters. The van der Waals surface area contributed by atoms with Crippen LogP contribution in [0.4, 0.5) is 10.1 Å². The van der Waals surface area contributed by atoms with E-state index in [-0.39, 0.29) is 11.2 Å². The zero-order valence-electron chi connectivity index (χ0n) is 13.0. The highest BCUT2D eigenvalue weighted by Crippen LogP contribution is 2.28. The van der Waals surface area contributed by atoms with Gasteiger partial charge in [0.2, 0.25) is 0 Å². The zero-order valence-corrected chi connectivity index (χ0v) is 13.0. The summed E-state index contributed by atoms with van der Waals surface area (Å²) in [4.78, 5) is 2.17.